The molecule has 4 rings (SSSR count). The van der Waals surface area contributed by atoms with Gasteiger partial charge in [-0.25, -0.2) is 4.79 Å². The highest BCUT2D eigenvalue weighted by atomic mass is 16.2. The van der Waals surface area contributed by atoms with Crippen LogP contribution in [0.3, 0.4) is 0 Å². The summed E-state index contributed by atoms with van der Waals surface area (Å²) in [4.78, 5) is 53.1. The molecule has 2 aliphatic rings. The van der Waals surface area contributed by atoms with Crippen molar-refractivity contribution in [1.29, 1.82) is 0 Å². The third kappa shape index (κ3) is 3.93. The third-order valence-electron chi connectivity index (χ3n) is 5.95. The van der Waals surface area contributed by atoms with Crippen LogP contribution in [0.1, 0.15) is 16.8 Å². The van der Waals surface area contributed by atoms with Crippen LogP contribution in [0.5, 0.6) is 0 Å². The minimum absolute atomic E-state index is 0.0234. The van der Waals surface area contributed by atoms with E-state index in [2.05, 4.69) is 10.2 Å². The lowest BCUT2D eigenvalue weighted by Gasteiger charge is -2.40. The fourth-order valence-corrected chi connectivity index (χ4v) is 4.21. The molecule has 3 unspecified atom stereocenters. The standard InChI is InChI=1S/C21H25N5O4/c1-23-19(28)8-10-25(21(23)30)14-18(27)22-11-17-13-26(16-7-9-24(17)12-16)20(29)15-5-3-2-4-6-15/h2-6,8,10,16-17H,7,9,11-14H2,1H3,(H,22,27). The molecule has 2 bridgehead atoms. The number of carbonyl (C=O) groups is 2. The smallest absolute Gasteiger partial charge is 0.331 e. The fraction of sp³-hybridized carbons (Fsp3) is 0.429. The van der Waals surface area contributed by atoms with Crippen LogP contribution in [-0.4, -0.2) is 69.0 Å². The molecule has 158 valence electrons. The summed E-state index contributed by atoms with van der Waals surface area (Å²) in [6.45, 7) is 2.49. The molecule has 1 aromatic heterocycles. The number of fused-ring (bicyclic) bond motifs is 2. The van der Waals surface area contributed by atoms with E-state index in [4.69, 9.17) is 0 Å². The lowest BCUT2D eigenvalue weighted by atomic mass is 10.1. The van der Waals surface area contributed by atoms with Crippen LogP contribution >= 0.6 is 0 Å². The fourth-order valence-electron chi connectivity index (χ4n) is 4.21. The summed E-state index contributed by atoms with van der Waals surface area (Å²) < 4.78 is 2.17. The van der Waals surface area contributed by atoms with Gasteiger partial charge in [-0.1, -0.05) is 18.2 Å². The van der Waals surface area contributed by atoms with Crippen molar-refractivity contribution in [3.63, 3.8) is 0 Å². The number of piperazine rings is 1. The van der Waals surface area contributed by atoms with Crippen LogP contribution in [-0.2, 0) is 18.4 Å². The second-order valence-electron chi connectivity index (χ2n) is 7.84. The molecule has 0 saturated carbocycles. The predicted octanol–water partition coefficient (Wildman–Crippen LogP) is -0.738. The number of amides is 2. The Balaban J connectivity index is 1.39. The van der Waals surface area contributed by atoms with Crippen LogP contribution in [0.15, 0.2) is 52.2 Å². The average Bonchev–Trinajstić information content (AvgIpc) is 3.18. The maximum atomic E-state index is 13.0. The lowest BCUT2D eigenvalue weighted by molar-refractivity contribution is -0.122. The molecule has 2 aliphatic heterocycles. The SMILES string of the molecule is Cn1c(=O)ccn(CC(=O)NCC2CN(C(=O)c3ccccc3)C3CCN2C3)c1=O. The van der Waals surface area contributed by atoms with Crippen molar-refractivity contribution in [1.82, 2.24) is 24.3 Å². The monoisotopic (exact) mass is 411 g/mol. The van der Waals surface area contributed by atoms with Crippen molar-refractivity contribution in [2.75, 3.05) is 26.2 Å². The summed E-state index contributed by atoms with van der Waals surface area (Å²) in [5.41, 5.74) is -0.266. The Bertz CT molecular complexity index is 1060. The molecule has 2 aromatic rings. The molecule has 2 saturated heterocycles. The lowest BCUT2D eigenvalue weighted by Crippen LogP contribution is -2.57. The summed E-state index contributed by atoms with van der Waals surface area (Å²) in [5, 5.41) is 2.88. The normalized spacial score (nSPS) is 22.7. The largest absolute Gasteiger partial charge is 0.353 e. The first kappa shape index (κ1) is 20.1. The number of aromatic nitrogens is 2. The Morgan fingerprint density at radius 1 is 1.10 bits per heavy atom. The van der Waals surface area contributed by atoms with Gasteiger partial charge in [-0.3, -0.25) is 28.4 Å². The van der Waals surface area contributed by atoms with Crippen molar-refractivity contribution in [3.8, 4) is 0 Å². The molecule has 9 heteroatoms. The zero-order chi connectivity index (χ0) is 21.3. The van der Waals surface area contributed by atoms with Crippen molar-refractivity contribution in [2.24, 2.45) is 7.05 Å². The molecular formula is C21H25N5O4. The first-order valence-corrected chi connectivity index (χ1v) is 10.1. The molecule has 0 radical (unpaired) electrons. The quantitative estimate of drug-likeness (QED) is 0.699. The van der Waals surface area contributed by atoms with E-state index < -0.39 is 11.2 Å². The molecule has 1 aromatic carbocycles. The van der Waals surface area contributed by atoms with Crippen LogP contribution in [0.25, 0.3) is 0 Å². The van der Waals surface area contributed by atoms with E-state index in [-0.39, 0.29) is 30.4 Å². The number of benzene rings is 1. The summed E-state index contributed by atoms with van der Waals surface area (Å²) in [6.07, 6.45) is 2.26. The maximum Gasteiger partial charge on any atom is 0.331 e. The van der Waals surface area contributed by atoms with Crippen molar-refractivity contribution in [2.45, 2.75) is 25.0 Å². The van der Waals surface area contributed by atoms with Gasteiger partial charge < -0.3 is 10.2 Å². The van der Waals surface area contributed by atoms with Gasteiger partial charge in [0.2, 0.25) is 5.91 Å². The van der Waals surface area contributed by atoms with E-state index in [0.717, 1.165) is 24.1 Å². The highest BCUT2D eigenvalue weighted by Crippen LogP contribution is 2.26. The van der Waals surface area contributed by atoms with E-state index >= 15 is 0 Å². The zero-order valence-corrected chi connectivity index (χ0v) is 16.9. The molecule has 9 nitrogen and oxygen atoms in total. The van der Waals surface area contributed by atoms with Gasteiger partial charge in [0, 0.05) is 63.1 Å². The second kappa shape index (κ2) is 8.27. The van der Waals surface area contributed by atoms with Crippen molar-refractivity contribution >= 4 is 11.8 Å². The topological polar surface area (TPSA) is 96.7 Å². The first-order valence-electron chi connectivity index (χ1n) is 10.1. The molecule has 0 spiro atoms. The van der Waals surface area contributed by atoms with Crippen LogP contribution < -0.4 is 16.6 Å². The minimum Gasteiger partial charge on any atom is -0.353 e. The van der Waals surface area contributed by atoms with Gasteiger partial charge in [0.15, 0.2) is 0 Å². The number of hydrogen-bond acceptors (Lipinski definition) is 5. The number of nitrogens with zero attached hydrogens (tertiary/aromatic N) is 4. The molecule has 30 heavy (non-hydrogen) atoms. The Labute approximate surface area is 173 Å². The van der Waals surface area contributed by atoms with E-state index in [0.29, 0.717) is 18.7 Å². The van der Waals surface area contributed by atoms with Gasteiger partial charge in [0.25, 0.3) is 11.5 Å². The summed E-state index contributed by atoms with van der Waals surface area (Å²) in [7, 11) is 1.38. The number of carbonyl (C=O) groups excluding carboxylic acids is 2. The van der Waals surface area contributed by atoms with Gasteiger partial charge in [0.1, 0.15) is 6.54 Å². The number of hydrogen-bond donors (Lipinski definition) is 1. The Hall–Kier alpha value is -3.20. The Morgan fingerprint density at radius 2 is 1.87 bits per heavy atom. The zero-order valence-electron chi connectivity index (χ0n) is 16.9. The van der Waals surface area contributed by atoms with Crippen LogP contribution in [0, 0.1) is 0 Å². The molecule has 1 N–H and O–H groups in total. The van der Waals surface area contributed by atoms with E-state index in [1.807, 2.05) is 35.2 Å². The molecule has 2 amide bonds. The minimum atomic E-state index is -0.530. The van der Waals surface area contributed by atoms with Gasteiger partial charge in [-0.05, 0) is 18.6 Å². The second-order valence-corrected chi connectivity index (χ2v) is 7.84. The van der Waals surface area contributed by atoms with E-state index in [9.17, 15) is 19.2 Å². The average molecular weight is 411 g/mol. The molecular weight excluding hydrogens is 386 g/mol. The van der Waals surface area contributed by atoms with Crippen LogP contribution in [0.2, 0.25) is 0 Å². The maximum absolute atomic E-state index is 13.0. The molecule has 0 aliphatic carbocycles. The molecule has 3 heterocycles. The third-order valence-corrected chi connectivity index (χ3v) is 5.95. The van der Waals surface area contributed by atoms with Crippen molar-refractivity contribution in [3.05, 3.63) is 69.0 Å². The van der Waals surface area contributed by atoms with Gasteiger partial charge in [-0.2, -0.15) is 0 Å². The van der Waals surface area contributed by atoms with E-state index in [1.165, 1.54) is 23.9 Å². The van der Waals surface area contributed by atoms with Crippen molar-refractivity contribution < 1.29 is 9.59 Å². The number of rotatable bonds is 5. The summed E-state index contributed by atoms with van der Waals surface area (Å²) in [5.74, 6) is -0.284. The number of nitrogens with one attached hydrogen (secondary N) is 1. The highest BCUT2D eigenvalue weighted by Gasteiger charge is 2.40. The summed E-state index contributed by atoms with van der Waals surface area (Å²) in [6, 6.07) is 10.7. The molecule has 2 fully saturated rings. The highest BCUT2D eigenvalue weighted by molar-refractivity contribution is 5.94. The molecule has 3 atom stereocenters. The van der Waals surface area contributed by atoms with Gasteiger partial charge in [-0.15, -0.1) is 0 Å². The van der Waals surface area contributed by atoms with Gasteiger partial charge in [0.05, 0.1) is 0 Å². The predicted molar refractivity (Wildman–Crippen MR) is 110 cm³/mol. The Kier molecular flexibility index (Phi) is 5.54. The van der Waals surface area contributed by atoms with Crippen LogP contribution in [0.4, 0.5) is 0 Å². The van der Waals surface area contributed by atoms with Gasteiger partial charge >= 0.3 is 5.69 Å². The first-order chi connectivity index (χ1) is 14.4. The summed E-state index contributed by atoms with van der Waals surface area (Å²) >= 11 is 0. The Morgan fingerprint density at radius 3 is 2.63 bits per heavy atom. The van der Waals surface area contributed by atoms with E-state index in [1.54, 1.807) is 0 Å².